The Bertz CT molecular complexity index is 1020. The van der Waals surface area contributed by atoms with Crippen LogP contribution < -0.4 is 15.4 Å². The smallest absolute Gasteiger partial charge is 0.406 e. The van der Waals surface area contributed by atoms with Crippen LogP contribution in [-0.2, 0) is 30.8 Å². The number of alkyl carbamates (subject to hydrolysis) is 1. The summed E-state index contributed by atoms with van der Waals surface area (Å²) in [6.45, 7) is 1.22. The molecular formula is C20H23N3O7S. The highest BCUT2D eigenvalue weighted by atomic mass is 32.2. The Labute approximate surface area is 180 Å². The number of ether oxygens (including phenoxy) is 2. The lowest BCUT2D eigenvalue weighted by molar-refractivity contribution is -0.114. The van der Waals surface area contributed by atoms with E-state index in [0.29, 0.717) is 11.3 Å². The first kappa shape index (κ1) is 23.8. The van der Waals surface area contributed by atoms with Crippen molar-refractivity contribution < 1.29 is 32.3 Å². The minimum absolute atomic E-state index is 0.0189. The summed E-state index contributed by atoms with van der Waals surface area (Å²) < 4.78 is 37.0. The Morgan fingerprint density at radius 2 is 1.52 bits per heavy atom. The van der Waals surface area contributed by atoms with Gasteiger partial charge in [0.1, 0.15) is 13.2 Å². The molecule has 3 N–H and O–H groups in total. The Hall–Kier alpha value is -3.44. The maximum atomic E-state index is 12.4. The van der Waals surface area contributed by atoms with E-state index in [9.17, 15) is 22.8 Å². The highest BCUT2D eigenvalue weighted by Gasteiger charge is 2.14. The molecule has 0 saturated carbocycles. The monoisotopic (exact) mass is 449 g/mol. The number of benzene rings is 2. The molecule has 0 radical (unpaired) electrons. The van der Waals surface area contributed by atoms with Crippen molar-refractivity contribution >= 4 is 33.7 Å². The predicted octanol–water partition coefficient (Wildman–Crippen LogP) is 1.64. The molecular weight excluding hydrogens is 426 g/mol. The Kier molecular flexibility index (Phi) is 8.53. The number of hydrogen-bond acceptors (Lipinski definition) is 7. The SMILES string of the molecule is CNC(=O)OCCOC(=O)c1ccc(CNS(=O)(=O)c2ccc(NC(C)=O)cc2)cc1. The number of rotatable bonds is 9. The first-order chi connectivity index (χ1) is 14.7. The van der Waals surface area contributed by atoms with Gasteiger partial charge in [0.15, 0.2) is 0 Å². The summed E-state index contributed by atoms with van der Waals surface area (Å²) in [5.74, 6) is -0.842. The molecule has 0 fully saturated rings. The number of nitrogens with one attached hydrogen (secondary N) is 3. The van der Waals surface area contributed by atoms with Crippen molar-refractivity contribution in [3.8, 4) is 0 Å². The van der Waals surface area contributed by atoms with E-state index in [0.717, 1.165) is 0 Å². The molecule has 2 rings (SSSR count). The second-order valence-corrected chi connectivity index (χ2v) is 8.02. The van der Waals surface area contributed by atoms with Crippen molar-refractivity contribution in [3.63, 3.8) is 0 Å². The van der Waals surface area contributed by atoms with E-state index >= 15 is 0 Å². The van der Waals surface area contributed by atoms with Gasteiger partial charge in [0, 0.05) is 26.2 Å². The molecule has 0 heterocycles. The zero-order chi connectivity index (χ0) is 22.9. The van der Waals surface area contributed by atoms with Gasteiger partial charge < -0.3 is 20.1 Å². The number of anilines is 1. The molecule has 0 saturated heterocycles. The first-order valence-corrected chi connectivity index (χ1v) is 10.7. The Balaban J connectivity index is 1.87. The van der Waals surface area contributed by atoms with E-state index in [1.807, 2.05) is 0 Å². The third-order valence-corrected chi connectivity index (χ3v) is 5.31. The second kappa shape index (κ2) is 11.1. The standard InChI is InChI=1S/C20H23N3O7S/c1-14(24)23-17-7-9-18(10-8-17)31(27,28)22-13-15-3-5-16(6-4-15)19(25)29-11-12-30-20(26)21-2/h3-10,22H,11-13H2,1-2H3,(H,21,26)(H,23,24). The fourth-order valence-electron chi connectivity index (χ4n) is 2.37. The van der Waals surface area contributed by atoms with Gasteiger partial charge in [-0.3, -0.25) is 4.79 Å². The van der Waals surface area contributed by atoms with Gasteiger partial charge in [0.2, 0.25) is 15.9 Å². The van der Waals surface area contributed by atoms with Crippen molar-refractivity contribution in [2.24, 2.45) is 0 Å². The number of amides is 2. The van der Waals surface area contributed by atoms with Gasteiger partial charge in [-0.25, -0.2) is 22.7 Å². The van der Waals surface area contributed by atoms with Crippen LogP contribution in [0.1, 0.15) is 22.8 Å². The van der Waals surface area contributed by atoms with Crippen LogP contribution in [0.25, 0.3) is 0 Å². The minimum atomic E-state index is -3.76. The summed E-state index contributed by atoms with van der Waals surface area (Å²) in [6.07, 6.45) is -0.619. The van der Waals surface area contributed by atoms with Crippen LogP contribution in [-0.4, -0.2) is 46.6 Å². The molecule has 0 bridgehead atoms. The van der Waals surface area contributed by atoms with Crippen LogP contribution in [0.4, 0.5) is 10.5 Å². The lowest BCUT2D eigenvalue weighted by atomic mass is 10.1. The predicted molar refractivity (Wildman–Crippen MR) is 112 cm³/mol. The van der Waals surface area contributed by atoms with Gasteiger partial charge in [-0.2, -0.15) is 0 Å². The molecule has 2 amide bonds. The molecule has 11 heteroatoms. The lowest BCUT2D eigenvalue weighted by Gasteiger charge is -2.09. The summed E-state index contributed by atoms with van der Waals surface area (Å²) in [5.41, 5.74) is 1.41. The molecule has 0 unspecified atom stereocenters. The molecule has 0 aliphatic rings. The highest BCUT2D eigenvalue weighted by Crippen LogP contribution is 2.15. The third kappa shape index (κ3) is 7.72. The van der Waals surface area contributed by atoms with Crippen LogP contribution in [0.15, 0.2) is 53.4 Å². The quantitative estimate of drug-likeness (QED) is 0.390. The highest BCUT2D eigenvalue weighted by molar-refractivity contribution is 7.89. The normalized spacial score (nSPS) is 10.8. The van der Waals surface area contributed by atoms with Crippen molar-refractivity contribution in [2.45, 2.75) is 18.4 Å². The summed E-state index contributed by atoms with van der Waals surface area (Å²) in [6, 6.07) is 12.0. The number of carbonyl (C=O) groups excluding carboxylic acids is 3. The number of hydrogen-bond donors (Lipinski definition) is 3. The van der Waals surface area contributed by atoms with Crippen LogP contribution >= 0.6 is 0 Å². The average Bonchev–Trinajstić information content (AvgIpc) is 2.75. The topological polar surface area (TPSA) is 140 Å². The summed E-state index contributed by atoms with van der Waals surface area (Å²) >= 11 is 0. The van der Waals surface area contributed by atoms with Crippen molar-refractivity contribution in [1.29, 1.82) is 0 Å². The zero-order valence-electron chi connectivity index (χ0n) is 17.0. The van der Waals surface area contributed by atoms with E-state index < -0.39 is 22.1 Å². The Morgan fingerprint density at radius 1 is 0.903 bits per heavy atom. The van der Waals surface area contributed by atoms with E-state index in [2.05, 4.69) is 15.4 Å². The van der Waals surface area contributed by atoms with E-state index in [1.165, 1.54) is 50.4 Å². The Morgan fingerprint density at radius 3 is 2.10 bits per heavy atom. The van der Waals surface area contributed by atoms with Gasteiger partial charge in [0.25, 0.3) is 0 Å². The van der Waals surface area contributed by atoms with Crippen molar-refractivity contribution in [3.05, 3.63) is 59.7 Å². The minimum Gasteiger partial charge on any atom is -0.458 e. The summed E-state index contributed by atoms with van der Waals surface area (Å²) in [7, 11) is -2.34. The van der Waals surface area contributed by atoms with E-state index in [4.69, 9.17) is 9.47 Å². The largest absolute Gasteiger partial charge is 0.458 e. The van der Waals surface area contributed by atoms with E-state index in [1.54, 1.807) is 12.1 Å². The van der Waals surface area contributed by atoms with Crippen LogP contribution in [0.2, 0.25) is 0 Å². The molecule has 10 nitrogen and oxygen atoms in total. The fraction of sp³-hybridized carbons (Fsp3) is 0.250. The van der Waals surface area contributed by atoms with Crippen molar-refractivity contribution in [2.75, 3.05) is 25.6 Å². The second-order valence-electron chi connectivity index (χ2n) is 6.25. The van der Waals surface area contributed by atoms with Crippen molar-refractivity contribution in [1.82, 2.24) is 10.0 Å². The molecule has 0 aliphatic carbocycles. The van der Waals surface area contributed by atoms with Crippen LogP contribution in [0.3, 0.4) is 0 Å². The maximum absolute atomic E-state index is 12.4. The summed E-state index contributed by atoms with van der Waals surface area (Å²) in [5, 5.41) is 4.83. The van der Waals surface area contributed by atoms with Gasteiger partial charge in [-0.15, -0.1) is 0 Å². The number of sulfonamides is 1. The maximum Gasteiger partial charge on any atom is 0.406 e. The van der Waals surface area contributed by atoms with Crippen LogP contribution in [0.5, 0.6) is 0 Å². The lowest BCUT2D eigenvalue weighted by Crippen LogP contribution is -2.23. The zero-order valence-corrected chi connectivity index (χ0v) is 17.8. The third-order valence-electron chi connectivity index (χ3n) is 3.89. The van der Waals surface area contributed by atoms with Crippen LogP contribution in [0, 0.1) is 0 Å². The molecule has 0 spiro atoms. The molecule has 0 atom stereocenters. The van der Waals surface area contributed by atoms with Gasteiger partial charge >= 0.3 is 12.1 Å². The summed E-state index contributed by atoms with van der Waals surface area (Å²) in [4.78, 5) is 33.9. The average molecular weight is 449 g/mol. The molecule has 2 aromatic rings. The molecule has 166 valence electrons. The first-order valence-electron chi connectivity index (χ1n) is 9.19. The molecule has 2 aromatic carbocycles. The van der Waals surface area contributed by atoms with Gasteiger partial charge in [-0.05, 0) is 42.0 Å². The molecule has 0 aromatic heterocycles. The van der Waals surface area contributed by atoms with Gasteiger partial charge in [-0.1, -0.05) is 12.1 Å². The number of carbonyl (C=O) groups is 3. The molecule has 0 aliphatic heterocycles. The van der Waals surface area contributed by atoms with E-state index in [-0.39, 0.29) is 36.1 Å². The molecule has 31 heavy (non-hydrogen) atoms. The fourth-order valence-corrected chi connectivity index (χ4v) is 3.38. The van der Waals surface area contributed by atoms with Gasteiger partial charge in [0.05, 0.1) is 10.5 Å². The number of esters is 1.